The van der Waals surface area contributed by atoms with Gasteiger partial charge in [0.05, 0.1) is 11.4 Å². The summed E-state index contributed by atoms with van der Waals surface area (Å²) in [5.74, 6) is 1.51. The molecule has 9 aromatic carbocycles. The number of hydrogen-bond acceptors (Lipinski definition) is 3. The number of hydrogen-bond donors (Lipinski definition) is 0. The Morgan fingerprint density at radius 1 is 0.327 bits per heavy atom. The Labute approximate surface area is 317 Å². The minimum atomic E-state index is 0.683. The van der Waals surface area contributed by atoms with E-state index in [1.165, 1.54) is 48.8 Å². The van der Waals surface area contributed by atoms with Crippen molar-refractivity contribution in [3.8, 4) is 56.4 Å². The Morgan fingerprint density at radius 3 is 1.80 bits per heavy atom. The number of furan rings is 1. The third kappa shape index (κ3) is 5.28. The molecule has 0 N–H and O–H groups in total. The second kappa shape index (κ2) is 12.6. The van der Waals surface area contributed by atoms with E-state index in [9.17, 15) is 0 Å². The van der Waals surface area contributed by atoms with E-state index in [-0.39, 0.29) is 0 Å². The van der Waals surface area contributed by atoms with Gasteiger partial charge in [0.25, 0.3) is 0 Å². The lowest BCUT2D eigenvalue weighted by molar-refractivity contribution is 0.631. The number of benzene rings is 9. The zero-order valence-corrected chi connectivity index (χ0v) is 29.8. The lowest BCUT2D eigenvalue weighted by atomic mass is 9.86. The smallest absolute Gasteiger partial charge is 0.160 e. The molecule has 0 unspecified atom stereocenters. The summed E-state index contributed by atoms with van der Waals surface area (Å²) in [5.41, 5.74) is 9.06. The second-order valence-electron chi connectivity index (χ2n) is 14.1. The molecule has 0 aliphatic heterocycles. The third-order valence-corrected chi connectivity index (χ3v) is 10.9. The molecule has 55 heavy (non-hydrogen) atoms. The normalized spacial score (nSPS) is 11.6. The van der Waals surface area contributed by atoms with Crippen LogP contribution in [0.25, 0.3) is 110 Å². The Hall–Kier alpha value is -7.36. The average molecular weight is 701 g/mol. The predicted octanol–water partition coefficient (Wildman–Crippen LogP) is 14.2. The Kier molecular flexibility index (Phi) is 7.17. The third-order valence-electron chi connectivity index (χ3n) is 10.9. The van der Waals surface area contributed by atoms with Crippen molar-refractivity contribution in [2.45, 2.75) is 0 Å². The summed E-state index contributed by atoms with van der Waals surface area (Å²) in [5, 5.41) is 10.9. The Morgan fingerprint density at radius 2 is 0.964 bits per heavy atom. The summed E-state index contributed by atoms with van der Waals surface area (Å²) in [6.07, 6.45) is 0. The van der Waals surface area contributed by atoms with Gasteiger partial charge in [0.2, 0.25) is 0 Å². The van der Waals surface area contributed by atoms with Crippen LogP contribution in [-0.4, -0.2) is 9.97 Å². The SMILES string of the molecule is c1ccc(-c2nc(-c3cccc(-c4cc5ccccc5o4)c3)cc(-c3ccc(-c4c5ccccc5cc5c4ccc4ccccc45)c4ccccc34)n2)cc1. The summed E-state index contributed by atoms with van der Waals surface area (Å²) in [7, 11) is 0. The van der Waals surface area contributed by atoms with Gasteiger partial charge in [-0.05, 0) is 84.5 Å². The summed E-state index contributed by atoms with van der Waals surface area (Å²) in [4.78, 5) is 10.4. The van der Waals surface area contributed by atoms with E-state index >= 15 is 0 Å². The first-order chi connectivity index (χ1) is 27.2. The summed E-state index contributed by atoms with van der Waals surface area (Å²) < 4.78 is 6.27. The Balaban J connectivity index is 1.13. The van der Waals surface area contributed by atoms with Crippen molar-refractivity contribution in [2.75, 3.05) is 0 Å². The van der Waals surface area contributed by atoms with Gasteiger partial charge < -0.3 is 4.42 Å². The molecule has 3 nitrogen and oxygen atoms in total. The molecule has 256 valence electrons. The van der Waals surface area contributed by atoms with Crippen LogP contribution in [-0.2, 0) is 0 Å². The number of rotatable bonds is 5. The van der Waals surface area contributed by atoms with Crippen molar-refractivity contribution in [1.29, 1.82) is 0 Å². The molecule has 0 bridgehead atoms. The van der Waals surface area contributed by atoms with Crippen molar-refractivity contribution >= 4 is 54.1 Å². The number of para-hydroxylation sites is 1. The van der Waals surface area contributed by atoms with Crippen LogP contribution in [0.2, 0.25) is 0 Å². The van der Waals surface area contributed by atoms with Gasteiger partial charge in [0.15, 0.2) is 5.82 Å². The van der Waals surface area contributed by atoms with Gasteiger partial charge in [0.1, 0.15) is 11.3 Å². The first kappa shape index (κ1) is 31.2. The van der Waals surface area contributed by atoms with Crippen molar-refractivity contribution in [2.24, 2.45) is 0 Å². The van der Waals surface area contributed by atoms with Gasteiger partial charge in [-0.3, -0.25) is 0 Å². The molecule has 0 amide bonds. The second-order valence-corrected chi connectivity index (χ2v) is 14.1. The van der Waals surface area contributed by atoms with Crippen molar-refractivity contribution in [1.82, 2.24) is 9.97 Å². The van der Waals surface area contributed by atoms with Crippen LogP contribution in [0.3, 0.4) is 0 Å². The quantitative estimate of drug-likeness (QED) is 0.133. The molecule has 0 fully saturated rings. The van der Waals surface area contributed by atoms with E-state index in [1.54, 1.807) is 0 Å². The highest BCUT2D eigenvalue weighted by atomic mass is 16.3. The van der Waals surface area contributed by atoms with E-state index in [4.69, 9.17) is 14.4 Å². The average Bonchev–Trinajstić information content (AvgIpc) is 3.70. The number of aromatic nitrogens is 2. The van der Waals surface area contributed by atoms with Crippen LogP contribution in [0.5, 0.6) is 0 Å². The molecule has 3 heteroatoms. The fourth-order valence-corrected chi connectivity index (χ4v) is 8.26. The maximum absolute atomic E-state index is 6.27. The number of fused-ring (bicyclic) bond motifs is 6. The van der Waals surface area contributed by atoms with Gasteiger partial charge in [-0.2, -0.15) is 0 Å². The van der Waals surface area contributed by atoms with E-state index in [2.05, 4.69) is 158 Å². The monoisotopic (exact) mass is 700 g/mol. The van der Waals surface area contributed by atoms with Crippen molar-refractivity contribution in [3.63, 3.8) is 0 Å². The highest BCUT2D eigenvalue weighted by Crippen LogP contribution is 2.44. The topological polar surface area (TPSA) is 38.9 Å². The molecule has 0 radical (unpaired) electrons. The van der Waals surface area contributed by atoms with Crippen LogP contribution in [0.1, 0.15) is 0 Å². The van der Waals surface area contributed by atoms with E-state index in [1.807, 2.05) is 36.4 Å². The first-order valence-electron chi connectivity index (χ1n) is 18.6. The molecule has 0 atom stereocenters. The number of nitrogens with zero attached hydrogens (tertiary/aromatic N) is 2. The van der Waals surface area contributed by atoms with E-state index < -0.39 is 0 Å². The maximum atomic E-state index is 6.27. The highest BCUT2D eigenvalue weighted by Gasteiger charge is 2.18. The standard InChI is InChI=1S/C52H32N2O/c1-2-14-34(15-3-1)52-53-47(36-18-12-19-37(29-36)50-31-38-17-6-11-24-49(38)55-50)32-48(54-52)43-27-28-44(42-23-10-9-22-41(42)43)51-40-21-8-5-16-35(40)30-46-39-20-7-4-13-33(39)25-26-45(46)51/h1-32H. The van der Waals surface area contributed by atoms with Crippen LogP contribution in [0.15, 0.2) is 199 Å². The van der Waals surface area contributed by atoms with Crippen LogP contribution in [0.4, 0.5) is 0 Å². The first-order valence-corrected chi connectivity index (χ1v) is 18.6. The van der Waals surface area contributed by atoms with Gasteiger partial charge in [-0.15, -0.1) is 0 Å². The largest absolute Gasteiger partial charge is 0.456 e. The summed E-state index contributed by atoms with van der Waals surface area (Å²) in [6, 6.07) is 68.7. The zero-order chi connectivity index (χ0) is 36.3. The van der Waals surface area contributed by atoms with Crippen LogP contribution >= 0.6 is 0 Å². The molecule has 2 aromatic heterocycles. The minimum absolute atomic E-state index is 0.683. The van der Waals surface area contributed by atoms with Crippen molar-refractivity contribution in [3.05, 3.63) is 194 Å². The highest BCUT2D eigenvalue weighted by molar-refractivity contribution is 6.23. The van der Waals surface area contributed by atoms with Gasteiger partial charge in [-0.1, -0.05) is 164 Å². The predicted molar refractivity (Wildman–Crippen MR) is 229 cm³/mol. The van der Waals surface area contributed by atoms with Crippen LogP contribution < -0.4 is 0 Å². The minimum Gasteiger partial charge on any atom is -0.456 e. The van der Waals surface area contributed by atoms with Gasteiger partial charge in [-0.25, -0.2) is 9.97 Å². The molecule has 0 aliphatic rings. The van der Waals surface area contributed by atoms with E-state index in [0.717, 1.165) is 55.8 Å². The summed E-state index contributed by atoms with van der Waals surface area (Å²) >= 11 is 0. The summed E-state index contributed by atoms with van der Waals surface area (Å²) in [6.45, 7) is 0. The van der Waals surface area contributed by atoms with Gasteiger partial charge in [0, 0.05) is 27.6 Å². The molecule has 0 spiro atoms. The fourth-order valence-electron chi connectivity index (χ4n) is 8.26. The fraction of sp³-hybridized carbons (Fsp3) is 0. The molecular formula is C52H32N2O. The molecule has 2 heterocycles. The maximum Gasteiger partial charge on any atom is 0.160 e. The van der Waals surface area contributed by atoms with E-state index in [0.29, 0.717) is 5.82 Å². The Bertz CT molecular complexity index is 3240. The molecule has 11 aromatic rings. The van der Waals surface area contributed by atoms with Crippen molar-refractivity contribution < 1.29 is 4.42 Å². The molecule has 0 saturated carbocycles. The molecule has 0 aliphatic carbocycles. The molecular weight excluding hydrogens is 669 g/mol. The zero-order valence-electron chi connectivity index (χ0n) is 29.8. The lowest BCUT2D eigenvalue weighted by Gasteiger charge is -2.17. The molecule has 0 saturated heterocycles. The van der Waals surface area contributed by atoms with Crippen LogP contribution in [0, 0.1) is 0 Å². The lowest BCUT2D eigenvalue weighted by Crippen LogP contribution is -1.97. The molecule has 11 rings (SSSR count). The van der Waals surface area contributed by atoms with Gasteiger partial charge >= 0.3 is 0 Å².